The zero-order chi connectivity index (χ0) is 32.4. The van der Waals surface area contributed by atoms with Crippen LogP contribution in [0.15, 0.2) is 42.9 Å². The third-order valence-corrected chi connectivity index (χ3v) is 13.6. The second-order valence-electron chi connectivity index (χ2n) is 14.9. The molecule has 1 aliphatic carbocycles. The zero-order valence-corrected chi connectivity index (χ0v) is 29.3. The molecule has 45 heavy (non-hydrogen) atoms. The fourth-order valence-electron chi connectivity index (χ4n) is 5.58. The van der Waals surface area contributed by atoms with Crippen LogP contribution >= 0.6 is 0 Å². The molecule has 0 bridgehead atoms. The molecule has 5 rings (SSSR count). The Kier molecular flexibility index (Phi) is 9.72. The summed E-state index contributed by atoms with van der Waals surface area (Å²) < 4.78 is 14.2. The molecule has 2 N–H and O–H groups in total. The molecule has 0 spiro atoms. The van der Waals surface area contributed by atoms with Gasteiger partial charge in [-0.3, -0.25) is 4.68 Å². The van der Waals surface area contributed by atoms with Gasteiger partial charge in [-0.1, -0.05) is 39.3 Å². The third-order valence-electron chi connectivity index (χ3n) is 9.09. The molecule has 3 aromatic rings. The lowest BCUT2D eigenvalue weighted by Gasteiger charge is -2.42. The summed E-state index contributed by atoms with van der Waals surface area (Å²) in [6.45, 7) is 20.0. The van der Waals surface area contributed by atoms with Crippen LogP contribution in [0, 0.1) is 0 Å². The summed E-state index contributed by atoms with van der Waals surface area (Å²) in [4.78, 5) is 24.2. The van der Waals surface area contributed by atoms with Crippen molar-refractivity contribution in [1.29, 1.82) is 0 Å². The average molecular weight is 634 g/mol. The largest absolute Gasteiger partial charge is 0.415 e. The van der Waals surface area contributed by atoms with Crippen LogP contribution in [0.4, 0.5) is 16.4 Å². The van der Waals surface area contributed by atoms with E-state index in [2.05, 4.69) is 93.6 Å². The van der Waals surface area contributed by atoms with Gasteiger partial charge in [-0.05, 0) is 81.4 Å². The minimum absolute atomic E-state index is 0.00178. The summed E-state index contributed by atoms with van der Waals surface area (Å²) in [5.74, 6) is 0.521. The molecule has 0 radical (unpaired) electrons. The normalized spacial score (nSPS) is 17.8. The number of aryl methyl sites for hydroxylation is 1. The van der Waals surface area contributed by atoms with Crippen molar-refractivity contribution >= 4 is 26.0 Å². The van der Waals surface area contributed by atoms with E-state index < -0.39 is 8.32 Å². The number of benzene rings is 1. The smallest absolute Gasteiger partial charge is 0.318 e. The number of carbonyl (C=O) groups is 1. The first-order valence-electron chi connectivity index (χ1n) is 16.3. The van der Waals surface area contributed by atoms with Gasteiger partial charge in [0.2, 0.25) is 5.95 Å². The van der Waals surface area contributed by atoms with E-state index in [9.17, 15) is 4.79 Å². The van der Waals surface area contributed by atoms with E-state index >= 15 is 0 Å². The fourth-order valence-corrected chi connectivity index (χ4v) is 6.61. The Morgan fingerprint density at radius 1 is 1.09 bits per heavy atom. The molecule has 1 aromatic carbocycles. The second-order valence-corrected chi connectivity index (χ2v) is 19.7. The SMILES string of the molecule is CC(C)(C)OC1CN(C(=O)NC2CCCCc3cc(-c4ccnc(Nc5cnn(CCO[Si](C)(C)C(C)(C)C)c5)n4)ccc32)C1. The quantitative estimate of drug-likeness (QED) is 0.192. The molecule has 10 nitrogen and oxygen atoms in total. The molecule has 1 saturated heterocycles. The van der Waals surface area contributed by atoms with Crippen molar-refractivity contribution in [3.63, 3.8) is 0 Å². The number of anilines is 2. The Morgan fingerprint density at radius 2 is 1.87 bits per heavy atom. The molecule has 1 unspecified atom stereocenters. The molecular weight excluding hydrogens is 583 g/mol. The Labute approximate surface area is 269 Å². The van der Waals surface area contributed by atoms with Gasteiger partial charge in [0.25, 0.3) is 0 Å². The van der Waals surface area contributed by atoms with Crippen LogP contribution in [0.1, 0.15) is 78.0 Å². The van der Waals surface area contributed by atoms with Crippen molar-refractivity contribution in [1.82, 2.24) is 30.0 Å². The first-order chi connectivity index (χ1) is 21.2. The lowest BCUT2D eigenvalue weighted by Crippen LogP contribution is -2.59. The van der Waals surface area contributed by atoms with Crippen molar-refractivity contribution in [2.45, 2.75) is 110 Å². The molecule has 2 amide bonds. The van der Waals surface area contributed by atoms with Crippen molar-refractivity contribution in [2.75, 3.05) is 25.0 Å². The van der Waals surface area contributed by atoms with Crippen LogP contribution in [-0.4, -0.2) is 70.4 Å². The first kappa shape index (κ1) is 33.1. The maximum Gasteiger partial charge on any atom is 0.318 e. The molecule has 244 valence electrons. The number of fused-ring (bicyclic) bond motifs is 1. The van der Waals surface area contributed by atoms with Crippen LogP contribution in [0.3, 0.4) is 0 Å². The van der Waals surface area contributed by atoms with Crippen molar-refractivity contribution < 1.29 is 14.0 Å². The van der Waals surface area contributed by atoms with Crippen LogP contribution in [0.25, 0.3) is 11.3 Å². The number of nitrogens with zero attached hydrogens (tertiary/aromatic N) is 5. The van der Waals surface area contributed by atoms with Gasteiger partial charge >= 0.3 is 6.03 Å². The monoisotopic (exact) mass is 633 g/mol. The number of aromatic nitrogens is 4. The summed E-state index contributed by atoms with van der Waals surface area (Å²) >= 11 is 0. The van der Waals surface area contributed by atoms with Gasteiger partial charge in [-0.15, -0.1) is 0 Å². The average Bonchev–Trinajstić information content (AvgIpc) is 3.27. The van der Waals surface area contributed by atoms with Crippen LogP contribution in [0.2, 0.25) is 18.1 Å². The summed E-state index contributed by atoms with van der Waals surface area (Å²) in [5.41, 5.74) is 4.98. The van der Waals surface area contributed by atoms with Crippen molar-refractivity contribution in [3.8, 4) is 11.3 Å². The van der Waals surface area contributed by atoms with Crippen molar-refractivity contribution in [2.24, 2.45) is 0 Å². The van der Waals surface area contributed by atoms with Gasteiger partial charge in [0.05, 0.1) is 61.6 Å². The Balaban J connectivity index is 1.20. The minimum atomic E-state index is -1.79. The van der Waals surface area contributed by atoms with Gasteiger partial charge in [0.15, 0.2) is 8.32 Å². The van der Waals surface area contributed by atoms with Crippen LogP contribution < -0.4 is 10.6 Å². The number of likely N-dealkylation sites (tertiary alicyclic amines) is 1. The molecule has 2 aliphatic rings. The molecule has 0 saturated carbocycles. The summed E-state index contributed by atoms with van der Waals surface area (Å²) in [7, 11) is -1.79. The van der Waals surface area contributed by atoms with Gasteiger partial charge in [-0.2, -0.15) is 5.10 Å². The highest BCUT2D eigenvalue weighted by molar-refractivity contribution is 6.74. The summed E-state index contributed by atoms with van der Waals surface area (Å²) in [6, 6.07) is 8.41. The predicted octanol–water partition coefficient (Wildman–Crippen LogP) is 7.08. The molecule has 11 heteroatoms. The molecular formula is C34H51N7O3Si. The maximum absolute atomic E-state index is 13.1. The lowest BCUT2D eigenvalue weighted by atomic mass is 9.95. The zero-order valence-electron chi connectivity index (χ0n) is 28.3. The van der Waals surface area contributed by atoms with E-state index in [0.717, 1.165) is 42.6 Å². The van der Waals surface area contributed by atoms with E-state index in [1.54, 1.807) is 12.4 Å². The van der Waals surface area contributed by atoms with E-state index in [1.165, 1.54) is 11.1 Å². The molecule has 1 fully saturated rings. The number of carbonyl (C=O) groups excluding carboxylic acids is 1. The Morgan fingerprint density at radius 3 is 2.60 bits per heavy atom. The minimum Gasteiger partial charge on any atom is -0.415 e. The van der Waals surface area contributed by atoms with Crippen LogP contribution in [-0.2, 0) is 22.1 Å². The topological polar surface area (TPSA) is 106 Å². The second kappa shape index (κ2) is 13.2. The molecule has 1 aliphatic heterocycles. The highest BCUT2D eigenvalue weighted by Gasteiger charge is 2.37. The summed E-state index contributed by atoms with van der Waals surface area (Å²) in [5, 5.41) is 11.3. The van der Waals surface area contributed by atoms with Gasteiger partial charge < -0.3 is 24.7 Å². The Hall–Kier alpha value is -3.28. The number of rotatable bonds is 9. The molecule has 1 atom stereocenters. The fraction of sp³-hybridized carbons (Fsp3) is 0.588. The molecule has 3 heterocycles. The van der Waals surface area contributed by atoms with E-state index in [0.29, 0.717) is 32.2 Å². The highest BCUT2D eigenvalue weighted by atomic mass is 28.4. The number of hydrogen-bond acceptors (Lipinski definition) is 7. The lowest BCUT2D eigenvalue weighted by molar-refractivity contribution is -0.111. The highest BCUT2D eigenvalue weighted by Crippen LogP contribution is 2.36. The number of amides is 2. The standard InChI is InChI=1S/C34H51N7O3Si/c1-33(2,3)44-27-22-40(23-27)32(42)39-30-12-10-9-11-24-19-25(13-14-28(24)30)29-15-16-35-31(38-29)37-26-20-36-41(21-26)17-18-43-45(7,8)34(4,5)6/h13-16,19-21,27,30H,9-12,17-18,22-23H2,1-8H3,(H,39,42)(H,35,37,38). The number of urea groups is 1. The van der Waals surface area contributed by atoms with E-state index in [1.807, 2.05) is 21.8 Å². The van der Waals surface area contributed by atoms with Gasteiger partial charge in [-0.25, -0.2) is 14.8 Å². The van der Waals surface area contributed by atoms with E-state index in [-0.39, 0.29) is 28.8 Å². The maximum atomic E-state index is 13.1. The first-order valence-corrected chi connectivity index (χ1v) is 19.2. The third kappa shape index (κ3) is 8.50. The van der Waals surface area contributed by atoms with Crippen molar-refractivity contribution in [3.05, 3.63) is 54.0 Å². The summed E-state index contributed by atoms with van der Waals surface area (Å²) in [6.07, 6.45) is 9.71. The number of ether oxygens (including phenoxy) is 1. The van der Waals surface area contributed by atoms with Gasteiger partial charge in [0, 0.05) is 18.0 Å². The van der Waals surface area contributed by atoms with Gasteiger partial charge in [0.1, 0.15) is 0 Å². The van der Waals surface area contributed by atoms with Crippen LogP contribution in [0.5, 0.6) is 0 Å². The number of hydrogen-bond donors (Lipinski definition) is 2. The predicted molar refractivity (Wildman–Crippen MR) is 181 cm³/mol. The molecule has 2 aromatic heterocycles. The Bertz CT molecular complexity index is 1470. The number of nitrogens with one attached hydrogen (secondary N) is 2. The van der Waals surface area contributed by atoms with E-state index in [4.69, 9.17) is 14.1 Å².